The SMILES string of the molecule is C[C@H](NC(=O)C(CBr)CCc1ccc2c(c1)OCO2)C(=O)O. The molecule has 0 spiro atoms. The van der Waals surface area contributed by atoms with E-state index in [0.29, 0.717) is 18.2 Å². The topological polar surface area (TPSA) is 84.9 Å². The van der Waals surface area contributed by atoms with Gasteiger partial charge in [0, 0.05) is 11.2 Å². The lowest BCUT2D eigenvalue weighted by molar-refractivity contribution is -0.141. The average Bonchev–Trinajstić information content (AvgIpc) is 2.95. The molecule has 0 fully saturated rings. The second kappa shape index (κ2) is 7.49. The molecule has 1 aliphatic heterocycles. The fraction of sp³-hybridized carbons (Fsp3) is 0.467. The molecule has 0 aliphatic carbocycles. The predicted molar refractivity (Wildman–Crippen MR) is 83.4 cm³/mol. The lowest BCUT2D eigenvalue weighted by atomic mass is 9.99. The van der Waals surface area contributed by atoms with Gasteiger partial charge in [0.2, 0.25) is 12.7 Å². The van der Waals surface area contributed by atoms with E-state index in [1.807, 2.05) is 18.2 Å². The number of nitrogens with one attached hydrogen (secondary N) is 1. The summed E-state index contributed by atoms with van der Waals surface area (Å²) in [6.07, 6.45) is 1.31. The molecular formula is C15H18BrNO5. The maximum atomic E-state index is 12.0. The van der Waals surface area contributed by atoms with Crippen molar-refractivity contribution in [2.45, 2.75) is 25.8 Å². The van der Waals surface area contributed by atoms with Gasteiger partial charge >= 0.3 is 5.97 Å². The van der Waals surface area contributed by atoms with Crippen LogP contribution in [0, 0.1) is 5.92 Å². The molecule has 22 heavy (non-hydrogen) atoms. The van der Waals surface area contributed by atoms with Crippen LogP contribution in [0.25, 0.3) is 0 Å². The first-order valence-corrected chi connectivity index (χ1v) is 8.11. The number of hydrogen-bond acceptors (Lipinski definition) is 4. The summed E-state index contributed by atoms with van der Waals surface area (Å²) in [7, 11) is 0. The van der Waals surface area contributed by atoms with E-state index < -0.39 is 12.0 Å². The van der Waals surface area contributed by atoms with Crippen LogP contribution in [0.2, 0.25) is 0 Å². The zero-order chi connectivity index (χ0) is 16.1. The van der Waals surface area contributed by atoms with Crippen molar-refractivity contribution >= 4 is 27.8 Å². The lowest BCUT2D eigenvalue weighted by Crippen LogP contribution is -2.42. The number of fused-ring (bicyclic) bond motifs is 1. The molecular weight excluding hydrogens is 354 g/mol. The molecule has 1 aromatic carbocycles. The number of rotatable bonds is 7. The van der Waals surface area contributed by atoms with E-state index in [0.717, 1.165) is 17.1 Å². The number of carbonyl (C=O) groups is 2. The van der Waals surface area contributed by atoms with Gasteiger partial charge in [-0.25, -0.2) is 0 Å². The van der Waals surface area contributed by atoms with Crippen LogP contribution in [0.4, 0.5) is 0 Å². The molecule has 0 aromatic heterocycles. The fourth-order valence-corrected chi connectivity index (χ4v) is 2.73. The summed E-state index contributed by atoms with van der Waals surface area (Å²) in [6, 6.07) is 4.81. The maximum absolute atomic E-state index is 12.0. The van der Waals surface area contributed by atoms with Gasteiger partial charge in [0.05, 0.1) is 0 Å². The molecule has 1 aromatic rings. The van der Waals surface area contributed by atoms with Crippen LogP contribution >= 0.6 is 15.9 Å². The van der Waals surface area contributed by atoms with Crippen molar-refractivity contribution in [3.8, 4) is 11.5 Å². The largest absolute Gasteiger partial charge is 0.480 e. The van der Waals surface area contributed by atoms with Gasteiger partial charge in [0.1, 0.15) is 6.04 Å². The predicted octanol–water partition coefficient (Wildman–Crippen LogP) is 1.95. The van der Waals surface area contributed by atoms with Gasteiger partial charge in [0.25, 0.3) is 0 Å². The molecule has 7 heteroatoms. The van der Waals surface area contributed by atoms with Crippen LogP contribution in [0.3, 0.4) is 0 Å². The Morgan fingerprint density at radius 3 is 2.77 bits per heavy atom. The van der Waals surface area contributed by atoms with E-state index in [2.05, 4.69) is 21.2 Å². The van der Waals surface area contributed by atoms with Crippen molar-refractivity contribution in [3.05, 3.63) is 23.8 Å². The van der Waals surface area contributed by atoms with Crippen molar-refractivity contribution in [2.75, 3.05) is 12.1 Å². The summed E-state index contributed by atoms with van der Waals surface area (Å²) < 4.78 is 10.6. The molecule has 1 aliphatic rings. The quantitative estimate of drug-likeness (QED) is 0.715. The number of ether oxygens (including phenoxy) is 2. The first-order chi connectivity index (χ1) is 10.5. The molecule has 0 bridgehead atoms. The standard InChI is InChI=1S/C15H18BrNO5/c1-9(15(19)20)17-14(18)11(7-16)4-2-10-3-5-12-13(6-10)22-8-21-12/h3,5-6,9,11H,2,4,7-8H2,1H3,(H,17,18)(H,19,20)/t9-,11?/m0/s1. The summed E-state index contributed by atoms with van der Waals surface area (Å²) in [4.78, 5) is 22.8. The molecule has 120 valence electrons. The minimum Gasteiger partial charge on any atom is -0.480 e. The number of carboxylic acids is 1. The van der Waals surface area contributed by atoms with Crippen molar-refractivity contribution in [1.82, 2.24) is 5.32 Å². The minimum absolute atomic E-state index is 0.234. The third-order valence-electron chi connectivity index (χ3n) is 3.50. The smallest absolute Gasteiger partial charge is 0.325 e. The van der Waals surface area contributed by atoms with E-state index in [-0.39, 0.29) is 18.6 Å². The number of aryl methyl sites for hydroxylation is 1. The number of benzene rings is 1. The monoisotopic (exact) mass is 371 g/mol. The van der Waals surface area contributed by atoms with Crippen LogP contribution in [-0.4, -0.2) is 35.1 Å². The summed E-state index contributed by atoms with van der Waals surface area (Å²) >= 11 is 3.31. The number of hydrogen-bond donors (Lipinski definition) is 2. The minimum atomic E-state index is -1.04. The molecule has 2 rings (SSSR count). The molecule has 2 N–H and O–H groups in total. The average molecular weight is 372 g/mol. The highest BCUT2D eigenvalue weighted by molar-refractivity contribution is 9.09. The number of carbonyl (C=O) groups excluding carboxylic acids is 1. The first-order valence-electron chi connectivity index (χ1n) is 6.99. The van der Waals surface area contributed by atoms with E-state index >= 15 is 0 Å². The Kier molecular flexibility index (Phi) is 5.65. The zero-order valence-electron chi connectivity index (χ0n) is 12.2. The highest BCUT2D eigenvalue weighted by Crippen LogP contribution is 2.33. The number of amides is 1. The van der Waals surface area contributed by atoms with Gasteiger partial charge in [-0.15, -0.1) is 0 Å². The zero-order valence-corrected chi connectivity index (χ0v) is 13.8. The summed E-state index contributed by atoms with van der Waals surface area (Å²) in [6.45, 7) is 1.68. The number of carboxylic acid groups (broad SMARTS) is 1. The van der Waals surface area contributed by atoms with Gasteiger partial charge in [-0.2, -0.15) is 0 Å². The number of halogens is 1. The van der Waals surface area contributed by atoms with Crippen LogP contribution in [-0.2, 0) is 16.0 Å². The Morgan fingerprint density at radius 1 is 1.36 bits per heavy atom. The molecule has 0 saturated carbocycles. The molecule has 1 unspecified atom stereocenters. The first kappa shape index (κ1) is 16.6. The van der Waals surface area contributed by atoms with E-state index in [1.165, 1.54) is 6.92 Å². The lowest BCUT2D eigenvalue weighted by Gasteiger charge is -2.16. The van der Waals surface area contributed by atoms with Gasteiger partial charge < -0.3 is 19.9 Å². The third-order valence-corrected chi connectivity index (χ3v) is 4.29. The van der Waals surface area contributed by atoms with Crippen LogP contribution in [0.15, 0.2) is 18.2 Å². The highest BCUT2D eigenvalue weighted by atomic mass is 79.9. The van der Waals surface area contributed by atoms with E-state index in [4.69, 9.17) is 14.6 Å². The molecule has 1 amide bonds. The Labute approximate surface area is 136 Å². The van der Waals surface area contributed by atoms with E-state index in [1.54, 1.807) is 0 Å². The highest BCUT2D eigenvalue weighted by Gasteiger charge is 2.22. The fourth-order valence-electron chi connectivity index (χ4n) is 2.11. The summed E-state index contributed by atoms with van der Waals surface area (Å²) in [5.41, 5.74) is 1.05. The van der Waals surface area contributed by atoms with Crippen molar-refractivity contribution in [2.24, 2.45) is 5.92 Å². The second-order valence-electron chi connectivity index (χ2n) is 5.15. The van der Waals surface area contributed by atoms with E-state index in [9.17, 15) is 9.59 Å². The molecule has 0 saturated heterocycles. The summed E-state index contributed by atoms with van der Waals surface area (Å²) in [5.74, 6) is -0.136. The Bertz CT molecular complexity index is 563. The second-order valence-corrected chi connectivity index (χ2v) is 5.79. The molecule has 6 nitrogen and oxygen atoms in total. The van der Waals surface area contributed by atoms with Gasteiger partial charge in [-0.1, -0.05) is 22.0 Å². The van der Waals surface area contributed by atoms with Crippen molar-refractivity contribution < 1.29 is 24.2 Å². The van der Waals surface area contributed by atoms with Gasteiger partial charge in [-0.3, -0.25) is 9.59 Å². The number of aliphatic carboxylic acids is 1. The Hall–Kier alpha value is -1.76. The van der Waals surface area contributed by atoms with Gasteiger partial charge in [-0.05, 0) is 37.5 Å². The molecule has 0 radical (unpaired) electrons. The number of alkyl halides is 1. The Balaban J connectivity index is 1.90. The van der Waals surface area contributed by atoms with Crippen molar-refractivity contribution in [3.63, 3.8) is 0 Å². The Morgan fingerprint density at radius 2 is 2.09 bits per heavy atom. The van der Waals surface area contributed by atoms with Crippen LogP contribution in [0.1, 0.15) is 18.9 Å². The summed E-state index contributed by atoms with van der Waals surface area (Å²) in [5, 5.41) is 11.8. The normalized spacial score (nSPS) is 15.2. The maximum Gasteiger partial charge on any atom is 0.325 e. The molecule has 2 atom stereocenters. The third kappa shape index (κ3) is 4.13. The van der Waals surface area contributed by atoms with Crippen LogP contribution < -0.4 is 14.8 Å². The van der Waals surface area contributed by atoms with Crippen molar-refractivity contribution in [1.29, 1.82) is 0 Å². The molecule has 1 heterocycles. The van der Waals surface area contributed by atoms with Crippen LogP contribution in [0.5, 0.6) is 11.5 Å². The van der Waals surface area contributed by atoms with Gasteiger partial charge in [0.15, 0.2) is 11.5 Å².